The van der Waals surface area contributed by atoms with E-state index in [-0.39, 0.29) is 5.91 Å². The van der Waals surface area contributed by atoms with Gasteiger partial charge in [-0.2, -0.15) is 0 Å². The Bertz CT molecular complexity index is 628. The van der Waals surface area contributed by atoms with Crippen molar-refractivity contribution >= 4 is 40.3 Å². The molecule has 1 fully saturated rings. The summed E-state index contributed by atoms with van der Waals surface area (Å²) in [7, 11) is 6.33. The fourth-order valence-electron chi connectivity index (χ4n) is 1.85. The number of likely N-dealkylation sites (N-methyl/N-ethyl adjacent to an activating group) is 1. The number of methoxy groups -OCH3 is 3. The second-order valence-electron chi connectivity index (χ2n) is 4.19. The molecular weight excluding hydrogens is 310 g/mol. The minimum atomic E-state index is -0.123. The number of carbonyl (C=O) groups excluding carboxylic acids is 1. The van der Waals surface area contributed by atoms with Crippen LogP contribution in [0.25, 0.3) is 6.08 Å². The number of thioether (sulfide) groups is 1. The minimum absolute atomic E-state index is 0.123. The zero-order valence-corrected chi connectivity index (χ0v) is 13.8. The molecule has 0 N–H and O–H groups in total. The minimum Gasteiger partial charge on any atom is -0.496 e. The van der Waals surface area contributed by atoms with E-state index >= 15 is 0 Å². The number of amides is 1. The smallest absolute Gasteiger partial charge is 0.265 e. The first-order chi connectivity index (χ1) is 10.0. The number of hydrogen-bond donors (Lipinski definition) is 0. The van der Waals surface area contributed by atoms with Crippen LogP contribution in [0, 0.1) is 0 Å². The molecule has 1 aromatic carbocycles. The summed E-state index contributed by atoms with van der Waals surface area (Å²) < 4.78 is 16.4. The molecule has 1 heterocycles. The van der Waals surface area contributed by atoms with Gasteiger partial charge in [-0.05, 0) is 12.1 Å². The second-order valence-corrected chi connectivity index (χ2v) is 5.87. The van der Waals surface area contributed by atoms with E-state index in [1.54, 1.807) is 46.6 Å². The summed E-state index contributed by atoms with van der Waals surface area (Å²) in [6, 6.07) is 3.48. The number of rotatable bonds is 4. The van der Waals surface area contributed by atoms with Crippen molar-refractivity contribution in [2.45, 2.75) is 0 Å². The largest absolute Gasteiger partial charge is 0.496 e. The first-order valence-electron chi connectivity index (χ1n) is 6.03. The lowest BCUT2D eigenvalue weighted by Gasteiger charge is -2.12. The Morgan fingerprint density at radius 1 is 1.10 bits per heavy atom. The zero-order valence-electron chi connectivity index (χ0n) is 12.1. The fourth-order valence-corrected chi connectivity index (χ4v) is 3.02. The van der Waals surface area contributed by atoms with Gasteiger partial charge in [-0.1, -0.05) is 24.0 Å². The Balaban J connectivity index is 2.49. The van der Waals surface area contributed by atoms with Crippen molar-refractivity contribution in [2.75, 3.05) is 28.4 Å². The third-order valence-electron chi connectivity index (χ3n) is 3.01. The first-order valence-corrected chi connectivity index (χ1v) is 7.25. The summed E-state index contributed by atoms with van der Waals surface area (Å²) in [6.45, 7) is 0. The molecule has 1 amide bonds. The van der Waals surface area contributed by atoms with Crippen LogP contribution in [0.4, 0.5) is 0 Å². The molecule has 0 aromatic heterocycles. The highest BCUT2D eigenvalue weighted by Gasteiger charge is 2.29. The molecule has 0 bridgehead atoms. The van der Waals surface area contributed by atoms with Gasteiger partial charge in [0.1, 0.15) is 10.1 Å². The van der Waals surface area contributed by atoms with Crippen LogP contribution >= 0.6 is 24.0 Å². The molecule has 7 heteroatoms. The Kier molecular flexibility index (Phi) is 4.74. The fraction of sp³-hybridized carbons (Fsp3) is 0.286. The van der Waals surface area contributed by atoms with E-state index in [0.29, 0.717) is 26.5 Å². The molecule has 21 heavy (non-hydrogen) atoms. The SMILES string of the molecule is COc1cc(OC)c(OC)cc1C=C1SC(=S)N(C)C1=O. The van der Waals surface area contributed by atoms with E-state index in [9.17, 15) is 4.79 Å². The average molecular weight is 325 g/mol. The molecule has 5 nitrogen and oxygen atoms in total. The Hall–Kier alpha value is -1.73. The average Bonchev–Trinajstić information content (AvgIpc) is 2.74. The van der Waals surface area contributed by atoms with E-state index in [2.05, 4.69) is 0 Å². The summed E-state index contributed by atoms with van der Waals surface area (Å²) in [5.74, 6) is 1.60. The maximum atomic E-state index is 12.0. The molecule has 0 spiro atoms. The van der Waals surface area contributed by atoms with Gasteiger partial charge in [0.15, 0.2) is 11.5 Å². The third-order valence-corrected chi connectivity index (χ3v) is 4.49. The van der Waals surface area contributed by atoms with E-state index in [4.69, 9.17) is 26.4 Å². The summed E-state index contributed by atoms with van der Waals surface area (Å²) in [5, 5.41) is 0. The molecule has 1 aliphatic heterocycles. The van der Waals surface area contributed by atoms with Crippen LogP contribution in [0.5, 0.6) is 17.2 Å². The lowest BCUT2D eigenvalue weighted by molar-refractivity contribution is -0.121. The number of benzene rings is 1. The summed E-state index contributed by atoms with van der Waals surface area (Å²) in [6.07, 6.45) is 1.74. The van der Waals surface area contributed by atoms with E-state index in [0.717, 1.165) is 5.56 Å². The zero-order chi connectivity index (χ0) is 15.6. The highest BCUT2D eigenvalue weighted by Crippen LogP contribution is 2.38. The first kappa shape index (κ1) is 15.7. The normalized spacial score (nSPS) is 16.6. The van der Waals surface area contributed by atoms with Crippen LogP contribution in [0.2, 0.25) is 0 Å². The number of thiocarbonyl (C=S) groups is 1. The van der Waals surface area contributed by atoms with E-state index < -0.39 is 0 Å². The van der Waals surface area contributed by atoms with Gasteiger partial charge in [-0.25, -0.2) is 0 Å². The quantitative estimate of drug-likeness (QED) is 0.626. The van der Waals surface area contributed by atoms with Crippen LogP contribution < -0.4 is 14.2 Å². The summed E-state index contributed by atoms with van der Waals surface area (Å²) in [5.41, 5.74) is 0.726. The topological polar surface area (TPSA) is 48.0 Å². The Morgan fingerprint density at radius 2 is 1.67 bits per heavy atom. The maximum absolute atomic E-state index is 12.0. The summed E-state index contributed by atoms with van der Waals surface area (Å²) >= 11 is 6.37. The standard InChI is InChI=1S/C14H15NO4S2/c1-15-13(16)12(21-14(15)20)6-8-5-10(18-3)11(19-4)7-9(8)17-2/h5-7H,1-4H3. The Labute approximate surface area is 132 Å². The molecule has 0 aliphatic carbocycles. The highest BCUT2D eigenvalue weighted by atomic mass is 32.2. The Morgan fingerprint density at radius 3 is 2.14 bits per heavy atom. The predicted molar refractivity (Wildman–Crippen MR) is 87.0 cm³/mol. The van der Waals surface area contributed by atoms with E-state index in [1.807, 2.05) is 0 Å². The molecule has 1 aliphatic rings. The van der Waals surface area contributed by atoms with Crippen LogP contribution in [-0.4, -0.2) is 43.5 Å². The van der Waals surface area contributed by atoms with Gasteiger partial charge in [-0.15, -0.1) is 0 Å². The van der Waals surface area contributed by atoms with Crippen molar-refractivity contribution in [1.82, 2.24) is 4.90 Å². The number of hydrogen-bond acceptors (Lipinski definition) is 6. The van der Waals surface area contributed by atoms with E-state index in [1.165, 1.54) is 16.7 Å². The molecule has 112 valence electrons. The number of carbonyl (C=O) groups is 1. The van der Waals surface area contributed by atoms with Gasteiger partial charge in [0.2, 0.25) is 0 Å². The maximum Gasteiger partial charge on any atom is 0.265 e. The van der Waals surface area contributed by atoms with Crippen molar-refractivity contribution in [3.8, 4) is 17.2 Å². The number of ether oxygens (including phenoxy) is 3. The highest BCUT2D eigenvalue weighted by molar-refractivity contribution is 8.26. The van der Waals surface area contributed by atoms with Gasteiger partial charge in [0, 0.05) is 18.7 Å². The molecular formula is C14H15NO4S2. The van der Waals surface area contributed by atoms with Gasteiger partial charge < -0.3 is 14.2 Å². The molecule has 0 atom stereocenters. The summed E-state index contributed by atoms with van der Waals surface area (Å²) in [4.78, 5) is 14.0. The van der Waals surface area contributed by atoms with Gasteiger partial charge >= 0.3 is 0 Å². The van der Waals surface area contributed by atoms with Gasteiger partial charge in [0.25, 0.3) is 5.91 Å². The lowest BCUT2D eigenvalue weighted by Crippen LogP contribution is -2.22. The molecule has 0 saturated carbocycles. The van der Waals surface area contributed by atoms with Crippen LogP contribution in [0.15, 0.2) is 17.0 Å². The second kappa shape index (κ2) is 6.36. The molecule has 1 saturated heterocycles. The van der Waals surface area contributed by atoms with Gasteiger partial charge in [0.05, 0.1) is 26.2 Å². The predicted octanol–water partition coefficient (Wildman–Crippen LogP) is 2.54. The van der Waals surface area contributed by atoms with Crippen LogP contribution in [0.1, 0.15) is 5.56 Å². The molecule has 2 rings (SSSR count). The lowest BCUT2D eigenvalue weighted by atomic mass is 10.1. The van der Waals surface area contributed by atoms with Crippen LogP contribution in [0.3, 0.4) is 0 Å². The van der Waals surface area contributed by atoms with Crippen molar-refractivity contribution in [1.29, 1.82) is 0 Å². The molecule has 0 unspecified atom stereocenters. The third kappa shape index (κ3) is 2.98. The molecule has 0 radical (unpaired) electrons. The van der Waals surface area contributed by atoms with Crippen molar-refractivity contribution in [2.24, 2.45) is 0 Å². The van der Waals surface area contributed by atoms with Gasteiger partial charge in [-0.3, -0.25) is 9.69 Å². The number of nitrogens with zero attached hydrogens (tertiary/aromatic N) is 1. The van der Waals surface area contributed by atoms with Crippen molar-refractivity contribution < 1.29 is 19.0 Å². The van der Waals surface area contributed by atoms with Crippen molar-refractivity contribution in [3.63, 3.8) is 0 Å². The van der Waals surface area contributed by atoms with Crippen molar-refractivity contribution in [3.05, 3.63) is 22.6 Å². The van der Waals surface area contributed by atoms with Crippen LogP contribution in [-0.2, 0) is 4.79 Å². The molecule has 1 aromatic rings. The monoisotopic (exact) mass is 325 g/mol.